The van der Waals surface area contributed by atoms with E-state index in [0.29, 0.717) is 19.3 Å². The summed E-state index contributed by atoms with van der Waals surface area (Å²) in [5.41, 5.74) is 0. The van der Waals surface area contributed by atoms with Crippen LogP contribution in [0.25, 0.3) is 0 Å². The molecule has 0 N–H and O–H groups in total. The van der Waals surface area contributed by atoms with Gasteiger partial charge in [0.1, 0.15) is 13.2 Å². The number of hydrogen-bond acceptors (Lipinski definition) is 6. The van der Waals surface area contributed by atoms with Crippen LogP contribution in [0.2, 0.25) is 0 Å². The summed E-state index contributed by atoms with van der Waals surface area (Å²) in [6.45, 7) is 11.3. The lowest BCUT2D eigenvalue weighted by atomic mass is 10.0. The first-order valence-corrected chi connectivity index (χ1v) is 23.7. The molecule has 54 heavy (non-hydrogen) atoms. The third kappa shape index (κ3) is 41.6. The molecule has 0 aliphatic rings. The van der Waals surface area contributed by atoms with Crippen molar-refractivity contribution in [1.29, 1.82) is 0 Å². The van der Waals surface area contributed by atoms with Crippen molar-refractivity contribution < 1.29 is 28.6 Å². The van der Waals surface area contributed by atoms with Crippen LogP contribution in [0.3, 0.4) is 0 Å². The van der Waals surface area contributed by atoms with Gasteiger partial charge in [0, 0.05) is 19.3 Å². The molecule has 0 heterocycles. The van der Waals surface area contributed by atoms with E-state index in [9.17, 15) is 14.4 Å². The van der Waals surface area contributed by atoms with Crippen LogP contribution in [0.15, 0.2) is 0 Å². The van der Waals surface area contributed by atoms with Crippen molar-refractivity contribution in [2.24, 2.45) is 11.8 Å². The average molecular weight is 765 g/mol. The maximum absolute atomic E-state index is 12.7. The highest BCUT2D eigenvalue weighted by molar-refractivity contribution is 5.71. The number of esters is 3. The van der Waals surface area contributed by atoms with Crippen molar-refractivity contribution in [1.82, 2.24) is 0 Å². The molecule has 0 aromatic rings. The third-order valence-electron chi connectivity index (χ3n) is 10.7. The fraction of sp³-hybridized carbons (Fsp3) is 0.938. The van der Waals surface area contributed by atoms with Gasteiger partial charge in [0.05, 0.1) is 0 Å². The van der Waals surface area contributed by atoms with Crippen molar-refractivity contribution in [3.8, 4) is 0 Å². The highest BCUT2D eigenvalue weighted by Gasteiger charge is 2.19. The summed E-state index contributed by atoms with van der Waals surface area (Å²) in [5, 5.41) is 0. The zero-order valence-corrected chi connectivity index (χ0v) is 36.8. The quantitative estimate of drug-likeness (QED) is 0.0350. The highest BCUT2D eigenvalue weighted by atomic mass is 16.6. The van der Waals surface area contributed by atoms with Crippen LogP contribution in [0.5, 0.6) is 0 Å². The van der Waals surface area contributed by atoms with Gasteiger partial charge in [-0.1, -0.05) is 221 Å². The van der Waals surface area contributed by atoms with E-state index in [1.165, 1.54) is 148 Å². The molecular formula is C48H92O6. The van der Waals surface area contributed by atoms with Crippen LogP contribution >= 0.6 is 0 Å². The lowest BCUT2D eigenvalue weighted by Crippen LogP contribution is -2.30. The summed E-state index contributed by atoms with van der Waals surface area (Å²) in [7, 11) is 0. The number of unbranched alkanes of at least 4 members (excludes halogenated alkanes) is 27. The van der Waals surface area contributed by atoms with Crippen LogP contribution < -0.4 is 0 Å². The van der Waals surface area contributed by atoms with Crippen molar-refractivity contribution in [3.63, 3.8) is 0 Å². The molecule has 0 fully saturated rings. The molecule has 6 nitrogen and oxygen atoms in total. The molecule has 0 spiro atoms. The van der Waals surface area contributed by atoms with Gasteiger partial charge in [-0.25, -0.2) is 0 Å². The Balaban J connectivity index is 4.32. The molecule has 1 atom stereocenters. The van der Waals surface area contributed by atoms with Gasteiger partial charge >= 0.3 is 17.9 Å². The Labute approximate surface area is 336 Å². The SMILES string of the molecule is CCCCCCCCCCCCCCC(=O)O[C@@H](COC(=O)CCCCCCCCCCCCCC(C)C)COC(=O)CCCCCCCCCC(C)C. The molecule has 0 aromatic heterocycles. The maximum Gasteiger partial charge on any atom is 0.306 e. The van der Waals surface area contributed by atoms with Crippen LogP contribution in [-0.4, -0.2) is 37.2 Å². The minimum absolute atomic E-state index is 0.0649. The second-order valence-electron chi connectivity index (χ2n) is 17.3. The van der Waals surface area contributed by atoms with E-state index in [2.05, 4.69) is 34.6 Å². The first kappa shape index (κ1) is 52.4. The first-order valence-electron chi connectivity index (χ1n) is 23.7. The van der Waals surface area contributed by atoms with Crippen molar-refractivity contribution >= 4 is 17.9 Å². The third-order valence-corrected chi connectivity index (χ3v) is 10.7. The largest absolute Gasteiger partial charge is 0.462 e. The minimum Gasteiger partial charge on any atom is -0.462 e. The molecule has 0 aliphatic carbocycles. The summed E-state index contributed by atoms with van der Waals surface area (Å²) in [6.07, 6.45) is 39.5. The fourth-order valence-electron chi connectivity index (χ4n) is 7.11. The number of rotatable bonds is 42. The summed E-state index contributed by atoms with van der Waals surface area (Å²) >= 11 is 0. The predicted molar refractivity (Wildman–Crippen MR) is 229 cm³/mol. The van der Waals surface area contributed by atoms with Crippen LogP contribution in [0.4, 0.5) is 0 Å². The van der Waals surface area contributed by atoms with Gasteiger partial charge in [0.2, 0.25) is 0 Å². The molecule has 0 aromatic carbocycles. The average Bonchev–Trinajstić information content (AvgIpc) is 3.14. The zero-order chi connectivity index (χ0) is 39.7. The molecule has 0 saturated heterocycles. The minimum atomic E-state index is -0.760. The van der Waals surface area contributed by atoms with E-state index in [4.69, 9.17) is 14.2 Å². The summed E-state index contributed by atoms with van der Waals surface area (Å²) in [5.74, 6) is 0.751. The van der Waals surface area contributed by atoms with Crippen molar-refractivity contribution in [2.45, 2.75) is 265 Å². The molecule has 0 rings (SSSR count). The van der Waals surface area contributed by atoms with E-state index in [0.717, 1.165) is 69.6 Å². The maximum atomic E-state index is 12.7. The summed E-state index contributed by atoms with van der Waals surface area (Å²) < 4.78 is 16.7. The summed E-state index contributed by atoms with van der Waals surface area (Å²) in [4.78, 5) is 37.7. The zero-order valence-electron chi connectivity index (χ0n) is 36.8. The Hall–Kier alpha value is -1.59. The Bertz CT molecular complexity index is 824. The number of carbonyl (C=O) groups excluding carboxylic acids is 3. The molecule has 0 bridgehead atoms. The second kappa shape index (κ2) is 41.1. The van der Waals surface area contributed by atoms with Crippen molar-refractivity contribution in [2.75, 3.05) is 13.2 Å². The van der Waals surface area contributed by atoms with Crippen LogP contribution in [0.1, 0.15) is 259 Å². The Kier molecular flexibility index (Phi) is 39.8. The van der Waals surface area contributed by atoms with Gasteiger partial charge < -0.3 is 14.2 Å². The second-order valence-corrected chi connectivity index (χ2v) is 17.3. The molecule has 320 valence electrons. The molecule has 6 heteroatoms. The first-order chi connectivity index (χ1) is 26.2. The number of carbonyl (C=O) groups is 3. The Morgan fingerprint density at radius 2 is 0.611 bits per heavy atom. The van der Waals surface area contributed by atoms with E-state index in [1.807, 2.05) is 0 Å². The standard InChI is InChI=1S/C48H92O6/c1-6-7-8-9-10-11-12-15-19-24-30-35-40-48(51)54-45(42-53-47(50)39-34-29-25-20-22-27-32-37-44(4)5)41-52-46(49)38-33-28-23-18-16-13-14-17-21-26-31-36-43(2)3/h43-45H,6-42H2,1-5H3/t45-/m0/s1. The molecule has 0 saturated carbocycles. The van der Waals surface area contributed by atoms with Crippen LogP contribution in [0, 0.1) is 11.8 Å². The van der Waals surface area contributed by atoms with Gasteiger partial charge in [-0.3, -0.25) is 14.4 Å². The number of ether oxygens (including phenoxy) is 3. The van der Waals surface area contributed by atoms with Gasteiger partial charge in [0.15, 0.2) is 6.10 Å². The smallest absolute Gasteiger partial charge is 0.306 e. The van der Waals surface area contributed by atoms with E-state index in [-0.39, 0.29) is 31.1 Å². The van der Waals surface area contributed by atoms with E-state index < -0.39 is 6.10 Å². The monoisotopic (exact) mass is 765 g/mol. The normalized spacial score (nSPS) is 12.1. The van der Waals surface area contributed by atoms with Gasteiger partial charge in [0.25, 0.3) is 0 Å². The van der Waals surface area contributed by atoms with Crippen LogP contribution in [-0.2, 0) is 28.6 Å². The molecule has 0 unspecified atom stereocenters. The Morgan fingerprint density at radius 1 is 0.352 bits per heavy atom. The topological polar surface area (TPSA) is 78.9 Å². The molecule has 0 radical (unpaired) electrons. The number of hydrogen-bond donors (Lipinski definition) is 0. The van der Waals surface area contributed by atoms with E-state index >= 15 is 0 Å². The molecule has 0 amide bonds. The lowest BCUT2D eigenvalue weighted by molar-refractivity contribution is -0.167. The van der Waals surface area contributed by atoms with Gasteiger partial charge in [-0.2, -0.15) is 0 Å². The predicted octanol–water partition coefficient (Wildman–Crippen LogP) is 15.0. The Morgan fingerprint density at radius 3 is 0.907 bits per heavy atom. The van der Waals surface area contributed by atoms with Crippen molar-refractivity contribution in [3.05, 3.63) is 0 Å². The highest BCUT2D eigenvalue weighted by Crippen LogP contribution is 2.17. The fourth-order valence-corrected chi connectivity index (χ4v) is 7.11. The van der Waals surface area contributed by atoms with E-state index in [1.54, 1.807) is 0 Å². The van der Waals surface area contributed by atoms with Gasteiger partial charge in [-0.05, 0) is 31.1 Å². The molecule has 0 aliphatic heterocycles. The lowest BCUT2D eigenvalue weighted by Gasteiger charge is -2.18. The van der Waals surface area contributed by atoms with Gasteiger partial charge in [-0.15, -0.1) is 0 Å². The summed E-state index contributed by atoms with van der Waals surface area (Å²) in [6, 6.07) is 0. The molecular weight excluding hydrogens is 673 g/mol.